The van der Waals surface area contributed by atoms with Gasteiger partial charge in [0.25, 0.3) is 0 Å². The zero-order valence-corrected chi connectivity index (χ0v) is 15.6. The fourth-order valence-electron chi connectivity index (χ4n) is 2.81. The average molecular weight is 411 g/mol. The number of aryl methyl sites for hydroxylation is 1. The number of aromatic amines is 1. The average Bonchev–Trinajstić information content (AvgIpc) is 2.99. The molecule has 3 N–H and O–H groups in total. The van der Waals surface area contributed by atoms with Crippen LogP contribution < -0.4 is 9.88 Å². The first-order chi connectivity index (χ1) is 13.0. The second-order valence-electron chi connectivity index (χ2n) is 6.12. The number of nitrogens with one attached hydrogen (secondary N) is 1. The van der Waals surface area contributed by atoms with Crippen molar-refractivity contribution >= 4 is 10.0 Å². The molecule has 3 aromatic rings. The topological polar surface area (TPSA) is 98.1 Å². The van der Waals surface area contributed by atoms with E-state index in [1.165, 1.54) is 37.4 Å². The first-order valence-corrected chi connectivity index (χ1v) is 9.55. The second-order valence-corrected chi connectivity index (χ2v) is 7.65. The summed E-state index contributed by atoms with van der Waals surface area (Å²) in [6.45, 7) is 3.24. The Labute approximate surface area is 159 Å². The highest BCUT2D eigenvalue weighted by atomic mass is 32.2. The van der Waals surface area contributed by atoms with Crippen LogP contribution >= 0.6 is 0 Å². The zero-order valence-electron chi connectivity index (χ0n) is 14.8. The number of ether oxygens (including phenoxy) is 1. The van der Waals surface area contributed by atoms with E-state index in [1.54, 1.807) is 6.92 Å². The van der Waals surface area contributed by atoms with Gasteiger partial charge in [0.15, 0.2) is 0 Å². The normalized spacial score (nSPS) is 12.2. The molecule has 0 saturated carbocycles. The van der Waals surface area contributed by atoms with E-state index in [0.717, 1.165) is 12.1 Å². The third-order valence-corrected chi connectivity index (χ3v) is 5.10. The minimum absolute atomic E-state index is 0.0462. The number of halogens is 3. The molecule has 0 fully saturated rings. The number of nitrogens with two attached hydrogens (primary N) is 1. The lowest BCUT2D eigenvalue weighted by molar-refractivity contribution is -0.137. The number of hydrogen-bond acceptors (Lipinski definition) is 4. The summed E-state index contributed by atoms with van der Waals surface area (Å²) in [7, 11) is -4.01. The van der Waals surface area contributed by atoms with Crippen LogP contribution in [0.2, 0.25) is 0 Å². The number of hydrogen-bond donors (Lipinski definition) is 2. The lowest BCUT2D eigenvalue weighted by Gasteiger charge is -2.16. The maximum absolute atomic E-state index is 13.0. The molecule has 0 atom stereocenters. The Morgan fingerprint density at radius 1 is 1.14 bits per heavy atom. The number of rotatable bonds is 4. The Morgan fingerprint density at radius 3 is 2.43 bits per heavy atom. The number of benzene rings is 2. The lowest BCUT2D eigenvalue weighted by atomic mass is 10.0. The van der Waals surface area contributed by atoms with Crippen LogP contribution in [-0.2, 0) is 16.2 Å². The Hall–Kier alpha value is -2.85. The van der Waals surface area contributed by atoms with Crippen molar-refractivity contribution < 1.29 is 26.3 Å². The van der Waals surface area contributed by atoms with Crippen LogP contribution in [0, 0.1) is 13.8 Å². The van der Waals surface area contributed by atoms with Crippen molar-refractivity contribution in [1.29, 1.82) is 0 Å². The number of imidazole rings is 1. The molecule has 148 valence electrons. The van der Waals surface area contributed by atoms with E-state index in [2.05, 4.69) is 9.97 Å². The Balaban J connectivity index is 2.15. The molecule has 0 aliphatic heterocycles. The highest BCUT2D eigenvalue weighted by Gasteiger charge is 2.31. The third-order valence-electron chi connectivity index (χ3n) is 4.04. The van der Waals surface area contributed by atoms with Crippen molar-refractivity contribution in [2.75, 3.05) is 0 Å². The van der Waals surface area contributed by atoms with Crippen LogP contribution in [0.4, 0.5) is 13.2 Å². The number of sulfonamides is 1. The van der Waals surface area contributed by atoms with Gasteiger partial charge in [0.2, 0.25) is 10.0 Å². The lowest BCUT2D eigenvalue weighted by Crippen LogP contribution is -2.14. The minimum Gasteiger partial charge on any atom is -0.457 e. The van der Waals surface area contributed by atoms with Crippen molar-refractivity contribution in [3.05, 3.63) is 59.5 Å². The van der Waals surface area contributed by atoms with Crippen molar-refractivity contribution in [2.24, 2.45) is 5.14 Å². The fourth-order valence-corrected chi connectivity index (χ4v) is 3.59. The molecule has 1 heterocycles. The Morgan fingerprint density at radius 2 is 1.86 bits per heavy atom. The van der Waals surface area contributed by atoms with Gasteiger partial charge in [-0.15, -0.1) is 0 Å². The minimum atomic E-state index is -4.52. The number of primary sulfonamides is 1. The molecule has 10 heteroatoms. The monoisotopic (exact) mass is 411 g/mol. The molecular formula is C18H16F3N3O3S. The van der Waals surface area contributed by atoms with Gasteiger partial charge in [0.1, 0.15) is 17.3 Å². The highest BCUT2D eigenvalue weighted by molar-refractivity contribution is 7.89. The van der Waals surface area contributed by atoms with E-state index < -0.39 is 21.8 Å². The summed E-state index contributed by atoms with van der Waals surface area (Å²) in [5.74, 6) is 0.684. The highest BCUT2D eigenvalue weighted by Crippen LogP contribution is 2.39. The number of aromatic nitrogens is 2. The third kappa shape index (κ3) is 4.02. The number of alkyl halides is 3. The van der Waals surface area contributed by atoms with Gasteiger partial charge < -0.3 is 9.72 Å². The van der Waals surface area contributed by atoms with Gasteiger partial charge in [-0.25, -0.2) is 18.5 Å². The van der Waals surface area contributed by atoms with Crippen LogP contribution in [0.5, 0.6) is 11.5 Å². The quantitative estimate of drug-likeness (QED) is 0.674. The van der Waals surface area contributed by atoms with Crippen LogP contribution in [0.1, 0.15) is 17.0 Å². The molecule has 0 amide bonds. The first kappa shape index (κ1) is 19.9. The summed E-state index contributed by atoms with van der Waals surface area (Å²) in [5.41, 5.74) is 0.212. The van der Waals surface area contributed by atoms with Crippen molar-refractivity contribution in [3.8, 4) is 22.8 Å². The molecule has 0 saturated heterocycles. The maximum atomic E-state index is 13.0. The van der Waals surface area contributed by atoms with E-state index in [-0.39, 0.29) is 22.0 Å². The molecular weight excluding hydrogens is 395 g/mol. The summed E-state index contributed by atoms with van der Waals surface area (Å²) >= 11 is 0. The molecule has 1 aromatic heterocycles. The van der Waals surface area contributed by atoms with Crippen molar-refractivity contribution in [1.82, 2.24) is 9.97 Å². The van der Waals surface area contributed by atoms with Crippen molar-refractivity contribution in [2.45, 2.75) is 24.9 Å². The van der Waals surface area contributed by atoms with E-state index in [0.29, 0.717) is 17.1 Å². The van der Waals surface area contributed by atoms with Crippen LogP contribution in [0.15, 0.2) is 47.5 Å². The van der Waals surface area contributed by atoms with E-state index in [1.807, 2.05) is 0 Å². The number of nitrogens with zero attached hydrogens (tertiary/aromatic N) is 1. The molecule has 0 spiro atoms. The summed E-state index contributed by atoms with van der Waals surface area (Å²) in [4.78, 5) is 6.93. The molecule has 2 aromatic carbocycles. The first-order valence-electron chi connectivity index (χ1n) is 8.00. The van der Waals surface area contributed by atoms with Gasteiger partial charge in [-0.2, -0.15) is 13.2 Å². The van der Waals surface area contributed by atoms with Gasteiger partial charge in [-0.3, -0.25) is 0 Å². The maximum Gasteiger partial charge on any atom is 0.416 e. The van der Waals surface area contributed by atoms with Crippen LogP contribution in [0.3, 0.4) is 0 Å². The van der Waals surface area contributed by atoms with E-state index in [9.17, 15) is 21.6 Å². The molecule has 0 aliphatic carbocycles. The van der Waals surface area contributed by atoms with Gasteiger partial charge in [0.05, 0.1) is 22.3 Å². The molecule has 0 unspecified atom stereocenters. The zero-order chi connectivity index (χ0) is 20.7. The summed E-state index contributed by atoms with van der Waals surface area (Å²) in [5, 5.41) is 5.26. The van der Waals surface area contributed by atoms with E-state index >= 15 is 0 Å². The molecule has 0 aliphatic rings. The summed E-state index contributed by atoms with van der Waals surface area (Å²) in [6, 6.07) is 7.00. The smallest absolute Gasteiger partial charge is 0.416 e. The predicted molar refractivity (Wildman–Crippen MR) is 96.4 cm³/mol. The second kappa shape index (κ2) is 6.95. The molecule has 3 rings (SSSR count). The Bertz CT molecular complexity index is 1140. The summed E-state index contributed by atoms with van der Waals surface area (Å²) in [6.07, 6.45) is -3.04. The van der Waals surface area contributed by atoms with Gasteiger partial charge in [-0.1, -0.05) is 6.07 Å². The molecule has 0 radical (unpaired) electrons. The van der Waals surface area contributed by atoms with Gasteiger partial charge in [-0.05, 0) is 49.7 Å². The fraction of sp³-hybridized carbons (Fsp3) is 0.167. The predicted octanol–water partition coefficient (Wildman–Crippen LogP) is 4.15. The Kier molecular flexibility index (Phi) is 4.94. The molecule has 28 heavy (non-hydrogen) atoms. The summed E-state index contributed by atoms with van der Waals surface area (Å²) < 4.78 is 68.2. The van der Waals surface area contributed by atoms with Gasteiger partial charge >= 0.3 is 6.18 Å². The van der Waals surface area contributed by atoms with Crippen molar-refractivity contribution in [3.63, 3.8) is 0 Å². The van der Waals surface area contributed by atoms with Crippen LogP contribution in [0.25, 0.3) is 11.3 Å². The van der Waals surface area contributed by atoms with Gasteiger partial charge in [0, 0.05) is 5.56 Å². The SMILES string of the molecule is Cc1ncc(-c2c(Oc3cccc(C(F)(F)F)c3)ccc(S(N)(=O)=O)c2C)[nH]1. The standard InChI is InChI=1S/C18H16F3N3O3S/c1-10-16(28(22,25)26)7-6-15(17(10)14-9-23-11(2)24-14)27-13-5-3-4-12(8-13)18(19,20)21/h3-9H,1-2H3,(H,23,24)(H2,22,25,26). The molecule has 0 bridgehead atoms. The van der Waals surface area contributed by atoms with Crippen LogP contribution in [-0.4, -0.2) is 18.4 Å². The van der Waals surface area contributed by atoms with E-state index in [4.69, 9.17) is 9.88 Å². The molecule has 6 nitrogen and oxygen atoms in total. The number of H-pyrrole nitrogens is 1. The largest absolute Gasteiger partial charge is 0.457 e.